The maximum atomic E-state index is 12.5. The van der Waals surface area contributed by atoms with Gasteiger partial charge in [-0.3, -0.25) is 9.59 Å². The van der Waals surface area contributed by atoms with Crippen LogP contribution >= 0.6 is 0 Å². The number of hydrogen-bond acceptors (Lipinski definition) is 6. The highest BCUT2D eigenvalue weighted by atomic mass is 16.5. The van der Waals surface area contributed by atoms with E-state index in [-0.39, 0.29) is 18.1 Å². The summed E-state index contributed by atoms with van der Waals surface area (Å²) in [6, 6.07) is 15.7. The molecule has 1 aliphatic rings. The van der Waals surface area contributed by atoms with Crippen LogP contribution in [0.1, 0.15) is 12.5 Å². The number of morpholine rings is 1. The molecular formula is C24H25N3O5. The van der Waals surface area contributed by atoms with E-state index in [9.17, 15) is 14.9 Å². The summed E-state index contributed by atoms with van der Waals surface area (Å²) >= 11 is 0. The van der Waals surface area contributed by atoms with E-state index < -0.39 is 5.91 Å². The molecule has 2 aromatic carbocycles. The van der Waals surface area contributed by atoms with Crippen molar-refractivity contribution in [3.05, 3.63) is 59.7 Å². The smallest absolute Gasteiger partial charge is 0.266 e. The summed E-state index contributed by atoms with van der Waals surface area (Å²) < 4.78 is 16.2. The van der Waals surface area contributed by atoms with Gasteiger partial charge in [0.1, 0.15) is 23.1 Å². The molecule has 1 aliphatic heterocycles. The van der Waals surface area contributed by atoms with Crippen LogP contribution in [0.5, 0.6) is 11.5 Å². The second-order valence-electron chi connectivity index (χ2n) is 6.94. The number of anilines is 1. The maximum Gasteiger partial charge on any atom is 0.266 e. The average molecular weight is 435 g/mol. The summed E-state index contributed by atoms with van der Waals surface area (Å²) in [6.07, 6.45) is 1.49. The van der Waals surface area contributed by atoms with Gasteiger partial charge in [-0.2, -0.15) is 5.26 Å². The zero-order valence-electron chi connectivity index (χ0n) is 17.9. The molecule has 0 aliphatic carbocycles. The van der Waals surface area contributed by atoms with E-state index in [1.165, 1.54) is 6.08 Å². The van der Waals surface area contributed by atoms with Gasteiger partial charge in [-0.05, 0) is 42.8 Å². The second-order valence-corrected chi connectivity index (χ2v) is 6.94. The molecule has 1 saturated heterocycles. The Morgan fingerprint density at radius 2 is 1.88 bits per heavy atom. The molecule has 2 amide bonds. The topological polar surface area (TPSA) is 101 Å². The molecule has 1 heterocycles. The van der Waals surface area contributed by atoms with Crippen LogP contribution in [-0.2, 0) is 14.3 Å². The van der Waals surface area contributed by atoms with Gasteiger partial charge in [0, 0.05) is 24.8 Å². The van der Waals surface area contributed by atoms with Gasteiger partial charge in [0.15, 0.2) is 6.61 Å². The summed E-state index contributed by atoms with van der Waals surface area (Å²) in [4.78, 5) is 26.4. The summed E-state index contributed by atoms with van der Waals surface area (Å²) in [6.45, 7) is 4.56. The SMILES string of the molecule is CCOc1cccc(NC(=O)/C(C#N)=C\c2ccc(OCC(=O)N3CCOCC3)cc2)c1. The lowest BCUT2D eigenvalue weighted by Gasteiger charge is -2.26. The van der Waals surface area contributed by atoms with Crippen molar-refractivity contribution in [1.82, 2.24) is 4.90 Å². The van der Waals surface area contributed by atoms with Crippen molar-refractivity contribution in [2.75, 3.05) is 44.8 Å². The Morgan fingerprint density at radius 1 is 1.12 bits per heavy atom. The monoisotopic (exact) mass is 435 g/mol. The van der Waals surface area contributed by atoms with Gasteiger partial charge in [0.05, 0.1) is 19.8 Å². The third kappa shape index (κ3) is 6.59. The van der Waals surface area contributed by atoms with Gasteiger partial charge in [-0.15, -0.1) is 0 Å². The highest BCUT2D eigenvalue weighted by Gasteiger charge is 2.17. The fourth-order valence-electron chi connectivity index (χ4n) is 3.05. The number of carbonyl (C=O) groups excluding carboxylic acids is 2. The molecule has 3 rings (SSSR count). The molecule has 0 aromatic heterocycles. The minimum atomic E-state index is -0.516. The summed E-state index contributed by atoms with van der Waals surface area (Å²) in [5.74, 6) is 0.557. The Bertz CT molecular complexity index is 1010. The van der Waals surface area contributed by atoms with Gasteiger partial charge < -0.3 is 24.4 Å². The number of rotatable bonds is 8. The molecule has 0 atom stereocenters. The van der Waals surface area contributed by atoms with Crippen molar-refractivity contribution in [1.29, 1.82) is 5.26 Å². The van der Waals surface area contributed by atoms with Crippen molar-refractivity contribution >= 4 is 23.6 Å². The molecule has 0 radical (unpaired) electrons. The Hall–Kier alpha value is -3.83. The van der Waals surface area contributed by atoms with Gasteiger partial charge in [-0.1, -0.05) is 18.2 Å². The first kappa shape index (κ1) is 22.8. The van der Waals surface area contributed by atoms with Crippen LogP contribution < -0.4 is 14.8 Å². The summed E-state index contributed by atoms with van der Waals surface area (Å²) in [7, 11) is 0. The molecule has 0 spiro atoms. The molecule has 0 unspecified atom stereocenters. The van der Waals surface area contributed by atoms with Gasteiger partial charge in [0.25, 0.3) is 11.8 Å². The Balaban J connectivity index is 1.58. The predicted octanol–water partition coefficient (Wildman–Crippen LogP) is 2.87. The van der Waals surface area contributed by atoms with Crippen LogP contribution in [-0.4, -0.2) is 56.2 Å². The van der Waals surface area contributed by atoms with Crippen LogP contribution in [0.25, 0.3) is 6.08 Å². The number of nitrogens with one attached hydrogen (secondary N) is 1. The lowest BCUT2D eigenvalue weighted by Crippen LogP contribution is -2.42. The van der Waals surface area contributed by atoms with Gasteiger partial charge in [0.2, 0.25) is 0 Å². The van der Waals surface area contributed by atoms with E-state index in [4.69, 9.17) is 14.2 Å². The Morgan fingerprint density at radius 3 is 2.56 bits per heavy atom. The average Bonchev–Trinajstić information content (AvgIpc) is 2.82. The van der Waals surface area contributed by atoms with Crippen molar-refractivity contribution in [2.45, 2.75) is 6.92 Å². The first-order valence-electron chi connectivity index (χ1n) is 10.3. The fraction of sp³-hybridized carbons (Fsp3) is 0.292. The lowest BCUT2D eigenvalue weighted by molar-refractivity contribution is -0.137. The molecule has 2 aromatic rings. The van der Waals surface area contributed by atoms with E-state index in [1.807, 2.05) is 13.0 Å². The number of hydrogen-bond donors (Lipinski definition) is 1. The fourth-order valence-corrected chi connectivity index (χ4v) is 3.05. The van der Waals surface area contributed by atoms with Crippen LogP contribution in [0.2, 0.25) is 0 Å². The van der Waals surface area contributed by atoms with Crippen molar-refractivity contribution < 1.29 is 23.8 Å². The predicted molar refractivity (Wildman–Crippen MR) is 119 cm³/mol. The van der Waals surface area contributed by atoms with E-state index >= 15 is 0 Å². The van der Waals surface area contributed by atoms with E-state index in [0.29, 0.717) is 55.7 Å². The van der Waals surface area contributed by atoms with Crippen molar-refractivity contribution in [3.63, 3.8) is 0 Å². The Kier molecular flexibility index (Phi) is 8.23. The number of ether oxygens (including phenoxy) is 3. The summed E-state index contributed by atoms with van der Waals surface area (Å²) in [5.41, 5.74) is 1.16. The molecule has 0 saturated carbocycles. The third-order valence-electron chi connectivity index (χ3n) is 4.69. The second kappa shape index (κ2) is 11.5. The van der Waals surface area contributed by atoms with Crippen LogP contribution in [0.3, 0.4) is 0 Å². The highest BCUT2D eigenvalue weighted by molar-refractivity contribution is 6.09. The van der Waals surface area contributed by atoms with E-state index in [2.05, 4.69) is 5.32 Å². The van der Waals surface area contributed by atoms with E-state index in [0.717, 1.165) is 0 Å². The van der Waals surface area contributed by atoms with Crippen LogP contribution in [0, 0.1) is 11.3 Å². The number of benzene rings is 2. The van der Waals surface area contributed by atoms with E-state index in [1.54, 1.807) is 53.4 Å². The Labute approximate surface area is 187 Å². The molecule has 8 nitrogen and oxygen atoms in total. The highest BCUT2D eigenvalue weighted by Crippen LogP contribution is 2.19. The minimum absolute atomic E-state index is 0.0389. The van der Waals surface area contributed by atoms with Crippen molar-refractivity contribution in [3.8, 4) is 17.6 Å². The van der Waals surface area contributed by atoms with Gasteiger partial charge >= 0.3 is 0 Å². The standard InChI is InChI=1S/C24H25N3O5/c1-2-31-22-5-3-4-20(15-22)26-24(29)19(16-25)14-18-6-8-21(9-7-18)32-17-23(28)27-10-12-30-13-11-27/h3-9,14-15H,2,10-13,17H2,1H3,(H,26,29)/b19-14-. The normalized spacial score (nSPS) is 13.8. The summed E-state index contributed by atoms with van der Waals surface area (Å²) in [5, 5.41) is 12.1. The minimum Gasteiger partial charge on any atom is -0.494 e. The number of amides is 2. The quantitative estimate of drug-likeness (QED) is 0.505. The molecule has 166 valence electrons. The molecule has 0 bridgehead atoms. The molecule has 8 heteroatoms. The zero-order valence-corrected chi connectivity index (χ0v) is 17.9. The lowest BCUT2D eigenvalue weighted by atomic mass is 10.1. The number of nitriles is 1. The third-order valence-corrected chi connectivity index (χ3v) is 4.69. The molecule has 32 heavy (non-hydrogen) atoms. The first-order chi connectivity index (χ1) is 15.6. The molecule has 1 fully saturated rings. The number of nitrogens with zero attached hydrogens (tertiary/aromatic N) is 2. The van der Waals surface area contributed by atoms with Gasteiger partial charge in [-0.25, -0.2) is 0 Å². The van der Waals surface area contributed by atoms with Crippen molar-refractivity contribution in [2.24, 2.45) is 0 Å². The number of carbonyl (C=O) groups is 2. The largest absolute Gasteiger partial charge is 0.494 e. The maximum absolute atomic E-state index is 12.5. The van der Waals surface area contributed by atoms with Crippen LogP contribution in [0.15, 0.2) is 54.1 Å². The zero-order chi connectivity index (χ0) is 22.8. The van der Waals surface area contributed by atoms with Crippen LogP contribution in [0.4, 0.5) is 5.69 Å². The molecule has 1 N–H and O–H groups in total. The molecular weight excluding hydrogens is 410 g/mol. The first-order valence-corrected chi connectivity index (χ1v) is 10.3.